The number of ether oxygens (including phenoxy) is 3. The molecule has 1 atom stereocenters. The summed E-state index contributed by atoms with van der Waals surface area (Å²) in [6.07, 6.45) is 0.950. The number of carbonyl (C=O) groups excluding carboxylic acids is 1. The largest absolute Gasteiger partial charge is 0.492 e. The zero-order valence-corrected chi connectivity index (χ0v) is 17.7. The van der Waals surface area contributed by atoms with Crippen molar-refractivity contribution in [2.75, 3.05) is 32.9 Å². The minimum absolute atomic E-state index is 0.0822. The molecule has 0 saturated heterocycles. The van der Waals surface area contributed by atoms with E-state index < -0.39 is 6.10 Å². The third kappa shape index (κ3) is 8.71. The first kappa shape index (κ1) is 23.2. The molecule has 0 fully saturated rings. The summed E-state index contributed by atoms with van der Waals surface area (Å²) in [7, 11) is 0. The molecule has 0 saturated carbocycles. The second kappa shape index (κ2) is 13.0. The lowest BCUT2D eigenvalue weighted by atomic mass is 10.3. The summed E-state index contributed by atoms with van der Waals surface area (Å²) in [5, 5.41) is 15.8. The Morgan fingerprint density at radius 2 is 1.62 bits per heavy atom. The van der Waals surface area contributed by atoms with Gasteiger partial charge in [0.2, 0.25) is 0 Å². The highest BCUT2D eigenvalue weighted by Gasteiger charge is 2.06. The fourth-order valence-electron chi connectivity index (χ4n) is 2.71. The van der Waals surface area contributed by atoms with Crippen LogP contribution < -0.4 is 24.8 Å². The molecular weight excluding hydrogens is 412 g/mol. The van der Waals surface area contributed by atoms with Gasteiger partial charge in [0.25, 0.3) is 5.91 Å². The Morgan fingerprint density at radius 3 is 2.34 bits per heavy atom. The Morgan fingerprint density at radius 1 is 0.906 bits per heavy atom. The number of para-hydroxylation sites is 1. The monoisotopic (exact) mass is 440 g/mol. The summed E-state index contributed by atoms with van der Waals surface area (Å²) in [5.41, 5.74) is 0. The molecule has 1 heterocycles. The molecule has 0 spiro atoms. The van der Waals surface area contributed by atoms with Crippen LogP contribution in [0.2, 0.25) is 0 Å². The number of hydrogen-bond acceptors (Lipinski definition) is 7. The number of benzene rings is 2. The maximum Gasteiger partial charge on any atom is 0.258 e. The molecule has 0 aliphatic rings. The van der Waals surface area contributed by atoms with Gasteiger partial charge in [0, 0.05) is 13.1 Å². The number of aliphatic hydroxyl groups is 1. The first-order valence-corrected chi connectivity index (χ1v) is 10.4. The van der Waals surface area contributed by atoms with Gasteiger partial charge in [0.05, 0.1) is 12.8 Å². The lowest BCUT2D eigenvalue weighted by Crippen LogP contribution is -2.33. The molecule has 2 aromatic carbocycles. The summed E-state index contributed by atoms with van der Waals surface area (Å²) in [5.74, 6) is 2.45. The molecule has 170 valence electrons. The molecule has 8 heteroatoms. The van der Waals surface area contributed by atoms with Crippen molar-refractivity contribution in [1.29, 1.82) is 0 Å². The van der Waals surface area contributed by atoms with Crippen molar-refractivity contribution in [3.8, 4) is 17.2 Å². The van der Waals surface area contributed by atoms with Gasteiger partial charge in [-0.25, -0.2) is 0 Å². The Hall–Kier alpha value is -3.49. The van der Waals surface area contributed by atoms with Crippen LogP contribution in [0.15, 0.2) is 77.4 Å². The van der Waals surface area contributed by atoms with Crippen LogP contribution in [0.4, 0.5) is 0 Å². The Labute approximate surface area is 187 Å². The fraction of sp³-hybridized carbons (Fsp3) is 0.292. The van der Waals surface area contributed by atoms with Gasteiger partial charge in [-0.1, -0.05) is 18.2 Å². The molecule has 32 heavy (non-hydrogen) atoms. The second-order valence-corrected chi connectivity index (χ2v) is 6.95. The lowest BCUT2D eigenvalue weighted by molar-refractivity contribution is -0.123. The number of amides is 1. The van der Waals surface area contributed by atoms with Gasteiger partial charge in [-0.15, -0.1) is 0 Å². The van der Waals surface area contributed by atoms with Gasteiger partial charge < -0.3 is 34.4 Å². The molecule has 3 aromatic rings. The van der Waals surface area contributed by atoms with Gasteiger partial charge in [-0.2, -0.15) is 0 Å². The van der Waals surface area contributed by atoms with Crippen LogP contribution in [0.3, 0.4) is 0 Å². The standard InChI is InChI=1S/C24H28N2O6/c27-19(17-31-20-5-2-1-3-6-20)15-25-12-14-30-21-8-10-22(11-9-21)32-18-24(28)26-16-23-7-4-13-29-23/h1-11,13,19,25,27H,12,14-18H2,(H,26,28). The summed E-state index contributed by atoms with van der Waals surface area (Å²) < 4.78 is 21.8. The normalized spacial score (nSPS) is 11.5. The van der Waals surface area contributed by atoms with Crippen molar-refractivity contribution in [2.45, 2.75) is 12.6 Å². The predicted molar refractivity (Wildman–Crippen MR) is 119 cm³/mol. The van der Waals surface area contributed by atoms with E-state index in [9.17, 15) is 9.90 Å². The molecule has 0 radical (unpaired) electrons. The first-order valence-electron chi connectivity index (χ1n) is 10.4. The van der Waals surface area contributed by atoms with Crippen molar-refractivity contribution in [2.24, 2.45) is 0 Å². The summed E-state index contributed by atoms with van der Waals surface area (Å²) >= 11 is 0. The molecule has 0 aliphatic heterocycles. The van der Waals surface area contributed by atoms with Crippen LogP contribution in [-0.4, -0.2) is 50.0 Å². The van der Waals surface area contributed by atoms with E-state index in [4.69, 9.17) is 18.6 Å². The third-order valence-electron chi connectivity index (χ3n) is 4.35. The smallest absolute Gasteiger partial charge is 0.258 e. The molecule has 8 nitrogen and oxygen atoms in total. The molecule has 1 amide bonds. The predicted octanol–water partition coefficient (Wildman–Crippen LogP) is 2.38. The SMILES string of the molecule is O=C(COc1ccc(OCCNCC(O)COc2ccccc2)cc1)NCc1ccco1. The van der Waals surface area contributed by atoms with Gasteiger partial charge in [0.1, 0.15) is 42.3 Å². The summed E-state index contributed by atoms with van der Waals surface area (Å²) in [6, 6.07) is 20.0. The number of nitrogens with one attached hydrogen (secondary N) is 2. The van der Waals surface area contributed by atoms with Crippen molar-refractivity contribution in [1.82, 2.24) is 10.6 Å². The third-order valence-corrected chi connectivity index (χ3v) is 4.35. The Balaban J connectivity index is 1.23. The summed E-state index contributed by atoms with van der Waals surface area (Å²) in [4.78, 5) is 11.8. The maximum atomic E-state index is 11.8. The summed E-state index contributed by atoms with van der Waals surface area (Å²) in [6.45, 7) is 1.90. The van der Waals surface area contributed by atoms with E-state index in [1.54, 1.807) is 42.7 Å². The number of carbonyl (C=O) groups is 1. The van der Waals surface area contributed by atoms with Crippen LogP contribution in [0.1, 0.15) is 5.76 Å². The van der Waals surface area contributed by atoms with Gasteiger partial charge in [-0.05, 0) is 48.5 Å². The van der Waals surface area contributed by atoms with Crippen LogP contribution in [0, 0.1) is 0 Å². The van der Waals surface area contributed by atoms with Crippen molar-refractivity contribution < 1.29 is 28.5 Å². The highest BCUT2D eigenvalue weighted by Crippen LogP contribution is 2.17. The average molecular weight is 440 g/mol. The van der Waals surface area contributed by atoms with E-state index in [0.717, 1.165) is 5.75 Å². The van der Waals surface area contributed by atoms with E-state index in [0.29, 0.717) is 43.5 Å². The average Bonchev–Trinajstić information content (AvgIpc) is 3.35. The minimum Gasteiger partial charge on any atom is -0.492 e. The van der Waals surface area contributed by atoms with Gasteiger partial charge >= 0.3 is 0 Å². The van der Waals surface area contributed by atoms with E-state index in [-0.39, 0.29) is 19.1 Å². The van der Waals surface area contributed by atoms with Crippen LogP contribution in [0.5, 0.6) is 17.2 Å². The minimum atomic E-state index is -0.608. The van der Waals surface area contributed by atoms with Gasteiger partial charge in [-0.3, -0.25) is 4.79 Å². The Bertz CT molecular complexity index is 900. The van der Waals surface area contributed by atoms with Crippen molar-refractivity contribution in [3.05, 3.63) is 78.8 Å². The zero-order valence-electron chi connectivity index (χ0n) is 17.7. The van der Waals surface area contributed by atoms with E-state index >= 15 is 0 Å². The van der Waals surface area contributed by atoms with Crippen LogP contribution >= 0.6 is 0 Å². The molecule has 3 N–H and O–H groups in total. The van der Waals surface area contributed by atoms with Crippen LogP contribution in [-0.2, 0) is 11.3 Å². The molecule has 1 unspecified atom stereocenters. The molecule has 0 bridgehead atoms. The lowest BCUT2D eigenvalue weighted by Gasteiger charge is -2.13. The van der Waals surface area contributed by atoms with E-state index in [1.165, 1.54) is 0 Å². The maximum absolute atomic E-state index is 11.8. The zero-order chi connectivity index (χ0) is 22.4. The number of hydrogen-bond donors (Lipinski definition) is 3. The molecule has 3 rings (SSSR count). The first-order chi connectivity index (χ1) is 15.7. The van der Waals surface area contributed by atoms with E-state index in [2.05, 4.69) is 10.6 Å². The molecule has 0 aliphatic carbocycles. The number of aliphatic hydroxyl groups excluding tert-OH is 1. The van der Waals surface area contributed by atoms with Crippen molar-refractivity contribution >= 4 is 5.91 Å². The second-order valence-electron chi connectivity index (χ2n) is 6.95. The molecule has 1 aromatic heterocycles. The fourth-order valence-corrected chi connectivity index (χ4v) is 2.71. The number of rotatable bonds is 14. The molecular formula is C24H28N2O6. The van der Waals surface area contributed by atoms with Crippen molar-refractivity contribution in [3.63, 3.8) is 0 Å². The highest BCUT2D eigenvalue weighted by atomic mass is 16.5. The van der Waals surface area contributed by atoms with E-state index in [1.807, 2.05) is 30.3 Å². The van der Waals surface area contributed by atoms with Crippen LogP contribution in [0.25, 0.3) is 0 Å². The van der Waals surface area contributed by atoms with Gasteiger partial charge in [0.15, 0.2) is 6.61 Å². The Kier molecular flexibility index (Phi) is 9.44. The topological polar surface area (TPSA) is 102 Å². The number of furan rings is 1. The quantitative estimate of drug-likeness (QED) is 0.331. The highest BCUT2D eigenvalue weighted by molar-refractivity contribution is 5.77.